The number of nitrogens with zero attached hydrogens (tertiary/aromatic N) is 2. The average Bonchev–Trinajstić information content (AvgIpc) is 2.69. The number of aliphatic hydroxyl groups is 1. The number of β-amino-alcohol motifs (C(OH)–C–C–N with tert-alkyl or cyclic N) is 1. The van der Waals surface area contributed by atoms with E-state index in [-0.39, 0.29) is 29.8 Å². The average molecular weight is 367 g/mol. The fourth-order valence-electron chi connectivity index (χ4n) is 3.08. The van der Waals surface area contributed by atoms with Gasteiger partial charge in [0.2, 0.25) is 0 Å². The van der Waals surface area contributed by atoms with Gasteiger partial charge in [-0.05, 0) is 37.6 Å². The van der Waals surface area contributed by atoms with Gasteiger partial charge in [0.25, 0.3) is 11.8 Å². The third-order valence-corrected chi connectivity index (χ3v) is 4.60. The lowest BCUT2D eigenvalue weighted by Crippen LogP contribution is -2.55. The molecule has 0 unspecified atom stereocenters. The Hall–Kier alpha value is -3.06. The summed E-state index contributed by atoms with van der Waals surface area (Å²) in [5.41, 5.74) is 1.16. The Morgan fingerprint density at radius 3 is 2.59 bits per heavy atom. The van der Waals surface area contributed by atoms with Gasteiger partial charge in [-0.1, -0.05) is 18.2 Å². The predicted octanol–water partition coefficient (Wildman–Crippen LogP) is 1.29. The molecule has 2 N–H and O–H groups in total. The number of aliphatic hydroxyl groups excluding tert-OH is 1. The van der Waals surface area contributed by atoms with E-state index in [1.54, 1.807) is 42.5 Å². The van der Waals surface area contributed by atoms with Crippen LogP contribution in [-0.2, 0) is 0 Å². The standard InChI is InChI=1S/C20H21N3O4/c1-13(24)14-5-4-6-15(11-14)20(27)23-10-8-16(18(25)12-23)22-19(26)17-7-2-3-9-21-17/h2-7,9,11,16,18,25H,8,10,12H2,1H3,(H,22,26)/t16-,18-/m1/s1. The van der Waals surface area contributed by atoms with E-state index in [1.807, 2.05) is 0 Å². The number of nitrogens with one attached hydrogen (secondary N) is 1. The van der Waals surface area contributed by atoms with Crippen LogP contribution >= 0.6 is 0 Å². The van der Waals surface area contributed by atoms with Gasteiger partial charge >= 0.3 is 0 Å². The van der Waals surface area contributed by atoms with Crippen LogP contribution in [0.4, 0.5) is 0 Å². The number of benzene rings is 1. The highest BCUT2D eigenvalue weighted by atomic mass is 16.3. The predicted molar refractivity (Wildman–Crippen MR) is 98.5 cm³/mol. The van der Waals surface area contributed by atoms with Crippen molar-refractivity contribution < 1.29 is 19.5 Å². The number of Topliss-reactive ketones (excluding diaryl/α,β-unsaturated/α-hetero) is 1. The van der Waals surface area contributed by atoms with Crippen LogP contribution in [0.1, 0.15) is 44.5 Å². The van der Waals surface area contributed by atoms with Gasteiger partial charge in [0.1, 0.15) is 5.69 Å². The Balaban J connectivity index is 1.63. The number of aromatic nitrogens is 1. The molecular weight excluding hydrogens is 346 g/mol. The zero-order valence-corrected chi connectivity index (χ0v) is 15.0. The van der Waals surface area contributed by atoms with Crippen LogP contribution in [0.15, 0.2) is 48.7 Å². The number of carbonyl (C=O) groups is 3. The molecule has 1 fully saturated rings. The van der Waals surface area contributed by atoms with Crippen molar-refractivity contribution in [1.29, 1.82) is 0 Å². The summed E-state index contributed by atoms with van der Waals surface area (Å²) in [6.07, 6.45) is 1.07. The molecule has 27 heavy (non-hydrogen) atoms. The number of rotatable bonds is 4. The van der Waals surface area contributed by atoms with Crippen LogP contribution in [0.25, 0.3) is 0 Å². The highest BCUT2D eigenvalue weighted by Gasteiger charge is 2.32. The van der Waals surface area contributed by atoms with E-state index < -0.39 is 12.1 Å². The van der Waals surface area contributed by atoms with Gasteiger partial charge in [-0.2, -0.15) is 0 Å². The SMILES string of the molecule is CC(=O)c1cccc(C(=O)N2CC[C@@H](NC(=O)c3ccccn3)[C@H](O)C2)c1. The van der Waals surface area contributed by atoms with E-state index in [9.17, 15) is 19.5 Å². The Kier molecular flexibility index (Phi) is 5.61. The minimum absolute atomic E-state index is 0.107. The van der Waals surface area contributed by atoms with Crippen molar-refractivity contribution in [3.63, 3.8) is 0 Å². The van der Waals surface area contributed by atoms with Gasteiger partial charge in [0.05, 0.1) is 12.1 Å². The monoisotopic (exact) mass is 367 g/mol. The smallest absolute Gasteiger partial charge is 0.270 e. The van der Waals surface area contributed by atoms with E-state index in [1.165, 1.54) is 18.0 Å². The molecule has 3 rings (SSSR count). The van der Waals surface area contributed by atoms with Crippen molar-refractivity contribution in [1.82, 2.24) is 15.2 Å². The Morgan fingerprint density at radius 1 is 1.15 bits per heavy atom. The lowest BCUT2D eigenvalue weighted by molar-refractivity contribution is 0.0314. The Bertz CT molecular complexity index is 853. The molecular formula is C20H21N3O4. The number of pyridine rings is 1. The maximum atomic E-state index is 12.7. The summed E-state index contributed by atoms with van der Waals surface area (Å²) < 4.78 is 0. The first-order valence-corrected chi connectivity index (χ1v) is 8.76. The molecule has 1 aromatic heterocycles. The molecule has 140 valence electrons. The summed E-state index contributed by atoms with van der Waals surface area (Å²) >= 11 is 0. The number of ketones is 1. The van der Waals surface area contributed by atoms with Crippen LogP contribution < -0.4 is 5.32 Å². The third-order valence-electron chi connectivity index (χ3n) is 4.60. The first-order valence-electron chi connectivity index (χ1n) is 8.76. The molecule has 0 bridgehead atoms. The second kappa shape index (κ2) is 8.09. The first-order chi connectivity index (χ1) is 13.0. The third kappa shape index (κ3) is 4.38. The van der Waals surface area contributed by atoms with E-state index >= 15 is 0 Å². The summed E-state index contributed by atoms with van der Waals surface area (Å²) in [7, 11) is 0. The number of hydrogen-bond acceptors (Lipinski definition) is 5. The van der Waals surface area contributed by atoms with Gasteiger partial charge in [-0.15, -0.1) is 0 Å². The molecule has 7 nitrogen and oxygen atoms in total. The molecule has 0 spiro atoms. The molecule has 2 heterocycles. The van der Waals surface area contributed by atoms with Crippen molar-refractivity contribution in [2.24, 2.45) is 0 Å². The summed E-state index contributed by atoms with van der Waals surface area (Å²) in [4.78, 5) is 41.9. The van der Waals surface area contributed by atoms with Gasteiger partial charge in [0, 0.05) is 30.4 Å². The molecule has 0 radical (unpaired) electrons. The van der Waals surface area contributed by atoms with E-state index in [4.69, 9.17) is 0 Å². The van der Waals surface area contributed by atoms with Crippen molar-refractivity contribution >= 4 is 17.6 Å². The molecule has 1 saturated heterocycles. The number of amides is 2. The molecule has 1 aliphatic heterocycles. The van der Waals surface area contributed by atoms with Crippen LogP contribution in [-0.4, -0.2) is 57.8 Å². The van der Waals surface area contributed by atoms with Crippen molar-refractivity contribution in [3.8, 4) is 0 Å². The summed E-state index contributed by atoms with van der Waals surface area (Å²) in [6.45, 7) is 1.95. The first kappa shape index (κ1) is 18.7. The topological polar surface area (TPSA) is 99.6 Å². The Morgan fingerprint density at radius 2 is 1.93 bits per heavy atom. The van der Waals surface area contributed by atoms with Gasteiger partial charge in [-0.25, -0.2) is 0 Å². The molecule has 2 aromatic rings. The van der Waals surface area contributed by atoms with Crippen molar-refractivity contribution in [2.45, 2.75) is 25.5 Å². The van der Waals surface area contributed by atoms with Crippen molar-refractivity contribution in [2.75, 3.05) is 13.1 Å². The number of hydrogen-bond donors (Lipinski definition) is 2. The molecule has 0 saturated carbocycles. The maximum Gasteiger partial charge on any atom is 0.270 e. The normalized spacial score (nSPS) is 19.4. The lowest BCUT2D eigenvalue weighted by Gasteiger charge is -2.36. The van der Waals surface area contributed by atoms with Gasteiger partial charge in [0.15, 0.2) is 5.78 Å². The molecule has 1 aliphatic rings. The second-order valence-corrected chi connectivity index (χ2v) is 6.54. The fraction of sp³-hybridized carbons (Fsp3) is 0.300. The van der Waals surface area contributed by atoms with Crippen LogP contribution in [0.5, 0.6) is 0 Å². The maximum absolute atomic E-state index is 12.7. The van der Waals surface area contributed by atoms with Crippen LogP contribution in [0, 0.1) is 0 Å². The zero-order chi connectivity index (χ0) is 19.4. The summed E-state index contributed by atoms with van der Waals surface area (Å²) in [5, 5.41) is 13.2. The largest absolute Gasteiger partial charge is 0.389 e. The van der Waals surface area contributed by atoms with Gasteiger partial charge in [-0.3, -0.25) is 19.4 Å². The van der Waals surface area contributed by atoms with E-state index in [0.717, 1.165) is 0 Å². The van der Waals surface area contributed by atoms with E-state index in [0.29, 0.717) is 24.1 Å². The molecule has 0 aliphatic carbocycles. The van der Waals surface area contributed by atoms with Crippen molar-refractivity contribution in [3.05, 3.63) is 65.5 Å². The van der Waals surface area contributed by atoms with Crippen LogP contribution in [0.3, 0.4) is 0 Å². The summed E-state index contributed by atoms with van der Waals surface area (Å²) in [6, 6.07) is 11.1. The fourth-order valence-corrected chi connectivity index (χ4v) is 3.08. The highest BCUT2D eigenvalue weighted by Crippen LogP contribution is 2.16. The van der Waals surface area contributed by atoms with Crippen LogP contribution in [0.2, 0.25) is 0 Å². The minimum atomic E-state index is -0.883. The number of piperidine rings is 1. The molecule has 1 aromatic carbocycles. The zero-order valence-electron chi connectivity index (χ0n) is 15.0. The quantitative estimate of drug-likeness (QED) is 0.794. The summed E-state index contributed by atoms with van der Waals surface area (Å²) in [5.74, 6) is -0.708. The lowest BCUT2D eigenvalue weighted by atomic mass is 10.00. The molecule has 2 atom stereocenters. The Labute approximate surface area is 157 Å². The molecule has 2 amide bonds. The van der Waals surface area contributed by atoms with E-state index in [2.05, 4.69) is 10.3 Å². The highest BCUT2D eigenvalue weighted by molar-refractivity contribution is 5.99. The van der Waals surface area contributed by atoms with Gasteiger partial charge < -0.3 is 15.3 Å². The number of carbonyl (C=O) groups excluding carboxylic acids is 3. The minimum Gasteiger partial charge on any atom is -0.389 e. The number of likely N-dealkylation sites (tertiary alicyclic amines) is 1. The second-order valence-electron chi connectivity index (χ2n) is 6.54. The molecule has 7 heteroatoms.